The predicted molar refractivity (Wildman–Crippen MR) is 108 cm³/mol. The quantitative estimate of drug-likeness (QED) is 0.736. The number of sulfonamides is 1. The Morgan fingerprint density at radius 1 is 1.00 bits per heavy atom. The summed E-state index contributed by atoms with van der Waals surface area (Å²) < 4.78 is 28.8. The second kappa shape index (κ2) is 7.92. The molecule has 1 aromatic heterocycles. The maximum Gasteiger partial charge on any atom is 0.330 e. The molecule has 1 aliphatic heterocycles. The topological polar surface area (TPSA) is 84.6 Å². The van der Waals surface area contributed by atoms with Crippen LogP contribution >= 0.6 is 0 Å². The Labute approximate surface area is 164 Å². The zero-order valence-electron chi connectivity index (χ0n) is 16.5. The molecule has 0 N–H and O–H groups in total. The SMILES string of the molecule is CN(Cc1ccc(N2CCCCC2)cc1)S(=O)(=O)c1cn(C)c(=O)n(C)c1=O. The van der Waals surface area contributed by atoms with Crippen LogP contribution in [0.5, 0.6) is 0 Å². The van der Waals surface area contributed by atoms with E-state index in [2.05, 4.69) is 4.90 Å². The first kappa shape index (κ1) is 20.3. The van der Waals surface area contributed by atoms with Gasteiger partial charge in [0.1, 0.15) is 0 Å². The Kier molecular flexibility index (Phi) is 5.76. The number of hydrogen-bond acceptors (Lipinski definition) is 5. The number of hydrogen-bond donors (Lipinski definition) is 0. The van der Waals surface area contributed by atoms with Crippen LogP contribution in [0.15, 0.2) is 44.9 Å². The third kappa shape index (κ3) is 3.90. The monoisotopic (exact) mass is 406 g/mol. The lowest BCUT2D eigenvalue weighted by atomic mass is 10.1. The summed E-state index contributed by atoms with van der Waals surface area (Å²) in [5, 5.41) is 0. The highest BCUT2D eigenvalue weighted by atomic mass is 32.2. The van der Waals surface area contributed by atoms with E-state index >= 15 is 0 Å². The van der Waals surface area contributed by atoms with Crippen molar-refractivity contribution in [3.63, 3.8) is 0 Å². The lowest BCUT2D eigenvalue weighted by Crippen LogP contribution is -2.41. The summed E-state index contributed by atoms with van der Waals surface area (Å²) in [5.74, 6) is 0. The van der Waals surface area contributed by atoms with E-state index in [-0.39, 0.29) is 6.54 Å². The second-order valence-corrected chi connectivity index (χ2v) is 9.24. The van der Waals surface area contributed by atoms with Crippen LogP contribution in [0.3, 0.4) is 0 Å². The fourth-order valence-electron chi connectivity index (χ4n) is 3.43. The maximum absolute atomic E-state index is 12.9. The Balaban J connectivity index is 1.81. The van der Waals surface area contributed by atoms with Gasteiger partial charge in [0.15, 0.2) is 4.90 Å². The highest BCUT2D eigenvalue weighted by molar-refractivity contribution is 7.89. The fourth-order valence-corrected chi connectivity index (χ4v) is 4.73. The molecule has 1 aliphatic rings. The van der Waals surface area contributed by atoms with Gasteiger partial charge in [-0.3, -0.25) is 9.36 Å². The van der Waals surface area contributed by atoms with Gasteiger partial charge in [-0.2, -0.15) is 4.31 Å². The molecular formula is C19H26N4O4S. The first-order chi connectivity index (χ1) is 13.2. The maximum atomic E-state index is 12.9. The number of benzene rings is 1. The highest BCUT2D eigenvalue weighted by Gasteiger charge is 2.26. The molecular weight excluding hydrogens is 380 g/mol. The molecule has 1 fully saturated rings. The van der Waals surface area contributed by atoms with E-state index in [9.17, 15) is 18.0 Å². The minimum absolute atomic E-state index is 0.134. The molecule has 28 heavy (non-hydrogen) atoms. The number of anilines is 1. The smallest absolute Gasteiger partial charge is 0.330 e. The molecule has 152 valence electrons. The van der Waals surface area contributed by atoms with Crippen LogP contribution in [0.2, 0.25) is 0 Å². The molecule has 0 atom stereocenters. The molecule has 1 saturated heterocycles. The van der Waals surface area contributed by atoms with Crippen molar-refractivity contribution >= 4 is 15.7 Å². The van der Waals surface area contributed by atoms with Gasteiger partial charge >= 0.3 is 5.69 Å². The molecule has 0 unspecified atom stereocenters. The van der Waals surface area contributed by atoms with Gasteiger partial charge in [0, 0.05) is 52.7 Å². The van der Waals surface area contributed by atoms with E-state index in [4.69, 9.17) is 0 Å². The summed E-state index contributed by atoms with van der Waals surface area (Å²) >= 11 is 0. The lowest BCUT2D eigenvalue weighted by molar-refractivity contribution is 0.462. The molecule has 0 amide bonds. The summed E-state index contributed by atoms with van der Waals surface area (Å²) in [6.07, 6.45) is 4.73. The first-order valence-corrected chi connectivity index (χ1v) is 10.7. The van der Waals surface area contributed by atoms with Gasteiger partial charge < -0.3 is 9.47 Å². The number of nitrogens with zero attached hydrogens (tertiary/aromatic N) is 4. The van der Waals surface area contributed by atoms with Crippen molar-refractivity contribution in [2.75, 3.05) is 25.0 Å². The summed E-state index contributed by atoms with van der Waals surface area (Å²) in [4.78, 5) is 26.0. The van der Waals surface area contributed by atoms with Gasteiger partial charge in [-0.05, 0) is 37.0 Å². The second-order valence-electron chi connectivity index (χ2n) is 7.23. The van der Waals surface area contributed by atoms with Crippen molar-refractivity contribution in [3.05, 3.63) is 56.9 Å². The van der Waals surface area contributed by atoms with Crippen LogP contribution in [0.1, 0.15) is 24.8 Å². The standard InChI is InChI=1S/C19H26N4O4S/c1-20-14-17(18(24)22(3)19(20)25)28(26,27)21(2)13-15-7-9-16(10-8-15)23-11-5-4-6-12-23/h7-10,14H,4-6,11-13H2,1-3H3. The summed E-state index contributed by atoms with van der Waals surface area (Å²) in [6, 6.07) is 7.84. The first-order valence-electron chi connectivity index (χ1n) is 9.28. The molecule has 2 heterocycles. The number of aryl methyl sites for hydroxylation is 1. The van der Waals surface area contributed by atoms with Crippen LogP contribution in [-0.4, -0.2) is 42.0 Å². The van der Waals surface area contributed by atoms with Crippen molar-refractivity contribution in [1.29, 1.82) is 0 Å². The molecule has 3 rings (SSSR count). The fraction of sp³-hybridized carbons (Fsp3) is 0.474. The van der Waals surface area contributed by atoms with Gasteiger partial charge in [0.05, 0.1) is 0 Å². The minimum Gasteiger partial charge on any atom is -0.372 e. The van der Waals surface area contributed by atoms with Gasteiger partial charge in [-0.1, -0.05) is 12.1 Å². The zero-order chi connectivity index (χ0) is 20.5. The Morgan fingerprint density at radius 3 is 2.21 bits per heavy atom. The molecule has 9 heteroatoms. The molecule has 0 bridgehead atoms. The van der Waals surface area contributed by atoms with E-state index in [1.807, 2.05) is 24.3 Å². The highest BCUT2D eigenvalue weighted by Crippen LogP contribution is 2.21. The third-order valence-corrected chi connectivity index (χ3v) is 6.95. The Bertz CT molecular complexity index is 1060. The molecule has 0 spiro atoms. The Morgan fingerprint density at radius 2 is 1.61 bits per heavy atom. The normalized spacial score (nSPS) is 15.2. The van der Waals surface area contributed by atoms with Gasteiger partial charge in [-0.25, -0.2) is 13.2 Å². The van der Waals surface area contributed by atoms with Crippen molar-refractivity contribution < 1.29 is 8.42 Å². The van der Waals surface area contributed by atoms with E-state index in [1.165, 1.54) is 40.4 Å². The number of piperidine rings is 1. The number of rotatable bonds is 5. The van der Waals surface area contributed by atoms with Crippen molar-refractivity contribution in [2.45, 2.75) is 30.7 Å². The van der Waals surface area contributed by atoms with Crippen molar-refractivity contribution in [2.24, 2.45) is 14.1 Å². The van der Waals surface area contributed by atoms with Gasteiger partial charge in [-0.15, -0.1) is 0 Å². The van der Waals surface area contributed by atoms with E-state index in [1.54, 1.807) is 0 Å². The largest absolute Gasteiger partial charge is 0.372 e. The lowest BCUT2D eigenvalue weighted by Gasteiger charge is -2.29. The summed E-state index contributed by atoms with van der Waals surface area (Å²) in [7, 11) is 0.0823. The van der Waals surface area contributed by atoms with Crippen molar-refractivity contribution in [1.82, 2.24) is 13.4 Å². The van der Waals surface area contributed by atoms with Crippen LogP contribution in [0.4, 0.5) is 5.69 Å². The average molecular weight is 407 g/mol. The van der Waals surface area contributed by atoms with Crippen LogP contribution in [-0.2, 0) is 30.7 Å². The summed E-state index contributed by atoms with van der Waals surface area (Å²) in [5.41, 5.74) is 0.574. The zero-order valence-corrected chi connectivity index (χ0v) is 17.3. The molecule has 0 saturated carbocycles. The molecule has 0 aliphatic carbocycles. The Hall–Kier alpha value is -2.39. The minimum atomic E-state index is -4.03. The van der Waals surface area contributed by atoms with Gasteiger partial charge in [0.2, 0.25) is 10.0 Å². The number of aromatic nitrogens is 2. The average Bonchev–Trinajstić information content (AvgIpc) is 2.70. The van der Waals surface area contributed by atoms with Crippen molar-refractivity contribution in [3.8, 4) is 0 Å². The van der Waals surface area contributed by atoms with Crippen LogP contribution < -0.4 is 16.1 Å². The molecule has 2 aromatic rings. The molecule has 0 radical (unpaired) electrons. The predicted octanol–water partition coefficient (Wildman–Crippen LogP) is 0.895. The van der Waals surface area contributed by atoms with E-state index in [0.717, 1.165) is 44.0 Å². The van der Waals surface area contributed by atoms with E-state index in [0.29, 0.717) is 0 Å². The van der Waals surface area contributed by atoms with Crippen LogP contribution in [0, 0.1) is 0 Å². The molecule has 8 nitrogen and oxygen atoms in total. The van der Waals surface area contributed by atoms with E-state index < -0.39 is 26.2 Å². The van der Waals surface area contributed by atoms with Crippen LogP contribution in [0.25, 0.3) is 0 Å². The third-order valence-electron chi connectivity index (χ3n) is 5.17. The van der Waals surface area contributed by atoms with Gasteiger partial charge in [0.25, 0.3) is 5.56 Å². The summed E-state index contributed by atoms with van der Waals surface area (Å²) in [6.45, 7) is 2.22. The molecule has 1 aromatic carbocycles.